The third-order valence-corrected chi connectivity index (χ3v) is 6.02. The van der Waals surface area contributed by atoms with Gasteiger partial charge in [0.2, 0.25) is 17.0 Å². The molecule has 1 aliphatic heterocycles. The number of allylic oxidation sites excluding steroid dienone is 1. The smallest absolute Gasteiger partial charge is 0.248 e. The van der Waals surface area contributed by atoms with Crippen LogP contribution >= 0.6 is 11.8 Å². The largest absolute Gasteiger partial charge is 0.490 e. The summed E-state index contributed by atoms with van der Waals surface area (Å²) in [6.07, 6.45) is 0. The molecule has 2 heterocycles. The number of carbonyl (C=O) groups excluding carboxylic acids is 1. The molecule has 3 N–H and O–H groups in total. The van der Waals surface area contributed by atoms with E-state index in [0.717, 1.165) is 11.3 Å². The van der Waals surface area contributed by atoms with Gasteiger partial charge in [-0.05, 0) is 43.4 Å². The van der Waals surface area contributed by atoms with Crippen molar-refractivity contribution in [1.29, 1.82) is 0 Å². The summed E-state index contributed by atoms with van der Waals surface area (Å²) in [5.41, 5.74) is 7.93. The molecule has 34 heavy (non-hydrogen) atoms. The highest BCUT2D eigenvalue weighted by atomic mass is 32.2. The van der Waals surface area contributed by atoms with Gasteiger partial charge in [-0.1, -0.05) is 43.0 Å². The van der Waals surface area contributed by atoms with Crippen LogP contribution in [0, 0.1) is 5.82 Å². The SMILES string of the molecule is CCOc1cc(C2C(C(N)=O)=C(C)Nc3nc(SCC)nn32)ccc1OCc1ccccc1F. The van der Waals surface area contributed by atoms with Crippen LogP contribution in [0.5, 0.6) is 11.5 Å². The molecule has 4 rings (SSSR count). The molecule has 0 fully saturated rings. The Morgan fingerprint density at radius 2 is 2.00 bits per heavy atom. The summed E-state index contributed by atoms with van der Waals surface area (Å²) in [6.45, 7) is 6.11. The van der Waals surface area contributed by atoms with E-state index in [0.29, 0.717) is 46.0 Å². The Kier molecular flexibility index (Phi) is 7.06. The topological polar surface area (TPSA) is 104 Å². The van der Waals surface area contributed by atoms with E-state index in [1.54, 1.807) is 41.9 Å². The molecule has 1 aliphatic rings. The Morgan fingerprint density at radius 1 is 1.21 bits per heavy atom. The lowest BCUT2D eigenvalue weighted by atomic mass is 9.95. The first kappa shape index (κ1) is 23.6. The monoisotopic (exact) mass is 483 g/mol. The molecule has 1 unspecified atom stereocenters. The summed E-state index contributed by atoms with van der Waals surface area (Å²) in [5, 5.41) is 8.33. The number of nitrogens with one attached hydrogen (secondary N) is 1. The van der Waals surface area contributed by atoms with Crippen LogP contribution in [0.3, 0.4) is 0 Å². The maximum atomic E-state index is 14.0. The Morgan fingerprint density at radius 3 is 2.71 bits per heavy atom. The van der Waals surface area contributed by atoms with Crippen LogP contribution in [0.1, 0.15) is 37.9 Å². The van der Waals surface area contributed by atoms with Crippen molar-refractivity contribution in [1.82, 2.24) is 14.8 Å². The van der Waals surface area contributed by atoms with E-state index in [4.69, 9.17) is 15.2 Å². The second kappa shape index (κ2) is 10.2. The van der Waals surface area contributed by atoms with Gasteiger partial charge in [0, 0.05) is 11.3 Å². The van der Waals surface area contributed by atoms with Crippen LogP contribution < -0.4 is 20.5 Å². The maximum absolute atomic E-state index is 14.0. The maximum Gasteiger partial charge on any atom is 0.248 e. The van der Waals surface area contributed by atoms with Crippen molar-refractivity contribution in [2.45, 2.75) is 38.6 Å². The fraction of sp³-hybridized carbons (Fsp3) is 0.292. The number of nitrogens with two attached hydrogens (primary N) is 1. The highest BCUT2D eigenvalue weighted by Crippen LogP contribution is 2.39. The van der Waals surface area contributed by atoms with Crippen LogP contribution in [0.2, 0.25) is 0 Å². The van der Waals surface area contributed by atoms with Gasteiger partial charge in [0.25, 0.3) is 0 Å². The molecule has 8 nitrogen and oxygen atoms in total. The molecule has 0 saturated heterocycles. The Bertz CT molecular complexity index is 1240. The number of carbonyl (C=O) groups is 1. The zero-order valence-corrected chi connectivity index (χ0v) is 20.0. The molecule has 1 aromatic heterocycles. The number of fused-ring (bicyclic) bond motifs is 1. The van der Waals surface area contributed by atoms with E-state index >= 15 is 0 Å². The van der Waals surface area contributed by atoms with Gasteiger partial charge in [0.1, 0.15) is 18.5 Å². The number of rotatable bonds is 9. The average Bonchev–Trinajstić information content (AvgIpc) is 3.20. The van der Waals surface area contributed by atoms with Gasteiger partial charge < -0.3 is 20.5 Å². The van der Waals surface area contributed by atoms with Crippen molar-refractivity contribution in [2.75, 3.05) is 17.7 Å². The number of ether oxygens (including phenoxy) is 2. The predicted octanol–water partition coefficient (Wildman–Crippen LogP) is 4.28. The van der Waals surface area contributed by atoms with Crippen molar-refractivity contribution in [2.24, 2.45) is 5.73 Å². The lowest BCUT2D eigenvalue weighted by molar-refractivity contribution is -0.115. The highest BCUT2D eigenvalue weighted by Gasteiger charge is 2.34. The zero-order chi connectivity index (χ0) is 24.2. The van der Waals surface area contributed by atoms with E-state index < -0.39 is 11.9 Å². The first-order valence-corrected chi connectivity index (χ1v) is 11.9. The third kappa shape index (κ3) is 4.72. The molecule has 0 bridgehead atoms. The zero-order valence-electron chi connectivity index (χ0n) is 19.2. The van der Waals surface area contributed by atoms with E-state index in [1.165, 1.54) is 17.8 Å². The molecule has 0 spiro atoms. The number of aromatic nitrogens is 3. The molecule has 10 heteroatoms. The van der Waals surface area contributed by atoms with Crippen LogP contribution in [0.25, 0.3) is 0 Å². The van der Waals surface area contributed by atoms with Crippen molar-refractivity contribution in [3.05, 3.63) is 70.7 Å². The van der Waals surface area contributed by atoms with Gasteiger partial charge in [-0.3, -0.25) is 4.79 Å². The highest BCUT2D eigenvalue weighted by molar-refractivity contribution is 7.99. The number of benzene rings is 2. The van der Waals surface area contributed by atoms with Crippen molar-refractivity contribution in [3.63, 3.8) is 0 Å². The van der Waals surface area contributed by atoms with Crippen LogP contribution in [-0.2, 0) is 11.4 Å². The third-order valence-electron chi connectivity index (χ3n) is 5.30. The van der Waals surface area contributed by atoms with Gasteiger partial charge in [0.15, 0.2) is 11.5 Å². The number of primary amides is 1. The number of anilines is 1. The van der Waals surface area contributed by atoms with Gasteiger partial charge in [-0.2, -0.15) is 4.98 Å². The fourth-order valence-corrected chi connectivity index (χ4v) is 4.36. The van der Waals surface area contributed by atoms with Crippen molar-refractivity contribution < 1.29 is 18.7 Å². The van der Waals surface area contributed by atoms with Crippen LogP contribution in [0.4, 0.5) is 10.3 Å². The number of nitrogens with zero attached hydrogens (tertiary/aromatic N) is 3. The molecular formula is C24H26FN5O3S. The summed E-state index contributed by atoms with van der Waals surface area (Å²) in [6, 6.07) is 11.2. The second-order valence-electron chi connectivity index (χ2n) is 7.55. The molecule has 178 valence electrons. The van der Waals surface area contributed by atoms with Crippen molar-refractivity contribution in [3.8, 4) is 11.5 Å². The minimum atomic E-state index is -0.590. The van der Waals surface area contributed by atoms with Gasteiger partial charge in [0.05, 0.1) is 12.2 Å². The van der Waals surface area contributed by atoms with E-state index in [1.807, 2.05) is 19.9 Å². The standard InChI is InChI=1S/C24H26FN5O3S/c1-4-32-19-12-15(10-11-18(19)33-13-16-8-6-7-9-17(16)25)21-20(22(26)31)14(3)27-23-28-24(34-5-2)29-30(21)23/h6-12,21H,4-5,13H2,1-3H3,(H2,26,31)(H,27,28,29). The molecule has 2 aromatic carbocycles. The Balaban J connectivity index is 1.73. The Labute approximate surface area is 201 Å². The number of thioether (sulfide) groups is 1. The van der Waals surface area contributed by atoms with E-state index in [2.05, 4.69) is 15.4 Å². The Hall–Kier alpha value is -3.53. The van der Waals surface area contributed by atoms with Crippen LogP contribution in [-0.4, -0.2) is 33.0 Å². The predicted molar refractivity (Wildman–Crippen MR) is 128 cm³/mol. The first-order valence-electron chi connectivity index (χ1n) is 10.9. The van der Waals surface area contributed by atoms with Crippen molar-refractivity contribution >= 4 is 23.6 Å². The molecule has 1 atom stereocenters. The molecule has 3 aromatic rings. The summed E-state index contributed by atoms with van der Waals surface area (Å²) in [5.74, 6) is 1.38. The second-order valence-corrected chi connectivity index (χ2v) is 8.78. The van der Waals surface area contributed by atoms with E-state index in [9.17, 15) is 9.18 Å². The summed E-state index contributed by atoms with van der Waals surface area (Å²) >= 11 is 1.50. The minimum Gasteiger partial charge on any atom is -0.490 e. The van der Waals surface area contributed by atoms with Crippen LogP contribution in [0.15, 0.2) is 58.9 Å². The summed E-state index contributed by atoms with van der Waals surface area (Å²) in [4.78, 5) is 17.0. The fourth-order valence-electron chi connectivity index (χ4n) is 3.80. The van der Waals surface area contributed by atoms with E-state index in [-0.39, 0.29) is 12.4 Å². The molecule has 0 radical (unpaired) electrons. The molecular weight excluding hydrogens is 457 g/mol. The van der Waals surface area contributed by atoms with Gasteiger partial charge >= 0.3 is 0 Å². The summed E-state index contributed by atoms with van der Waals surface area (Å²) < 4.78 is 27.4. The summed E-state index contributed by atoms with van der Waals surface area (Å²) in [7, 11) is 0. The quantitative estimate of drug-likeness (QED) is 0.438. The number of hydrogen-bond donors (Lipinski definition) is 2. The molecule has 0 saturated carbocycles. The molecule has 1 amide bonds. The van der Waals surface area contributed by atoms with Gasteiger partial charge in [-0.25, -0.2) is 9.07 Å². The lowest BCUT2D eigenvalue weighted by Gasteiger charge is -2.28. The molecule has 0 aliphatic carbocycles. The average molecular weight is 484 g/mol. The van der Waals surface area contributed by atoms with Gasteiger partial charge in [-0.15, -0.1) is 5.10 Å². The first-order chi connectivity index (χ1) is 16.4. The number of hydrogen-bond acceptors (Lipinski definition) is 7. The lowest BCUT2D eigenvalue weighted by Crippen LogP contribution is -2.31. The minimum absolute atomic E-state index is 0.0514. The number of halogens is 1. The normalized spacial score (nSPS) is 15.0. The number of amides is 1.